The highest BCUT2D eigenvalue weighted by Crippen LogP contribution is 2.29. The van der Waals surface area contributed by atoms with Gasteiger partial charge in [0.25, 0.3) is 16.9 Å². The minimum Gasteiger partial charge on any atom is -0.305 e. The summed E-state index contributed by atoms with van der Waals surface area (Å²) >= 11 is 0. The van der Waals surface area contributed by atoms with Crippen molar-refractivity contribution in [2.75, 3.05) is 0 Å². The van der Waals surface area contributed by atoms with E-state index < -0.39 is 21.1 Å². The highest BCUT2D eigenvalue weighted by atomic mass is 16.6. The fourth-order valence-electron chi connectivity index (χ4n) is 1.75. The molecule has 0 saturated heterocycles. The lowest BCUT2D eigenvalue weighted by atomic mass is 10.1. The van der Waals surface area contributed by atoms with Crippen LogP contribution in [0.2, 0.25) is 0 Å². The third kappa shape index (κ3) is 1.69. The largest absolute Gasteiger partial charge is 0.305 e. The third-order valence-electron chi connectivity index (χ3n) is 2.58. The molecular formula is C10H7N3O5. The van der Waals surface area contributed by atoms with Crippen molar-refractivity contribution >= 4 is 22.3 Å². The highest BCUT2D eigenvalue weighted by molar-refractivity contribution is 5.89. The Balaban J connectivity index is 2.99. The molecule has 0 amide bonds. The zero-order valence-electron chi connectivity index (χ0n) is 9.19. The molecule has 1 heterocycles. The number of aryl methyl sites for hydroxylation is 1. The Labute approximate surface area is 99.4 Å². The Morgan fingerprint density at radius 3 is 2.33 bits per heavy atom. The monoisotopic (exact) mass is 249 g/mol. The molecule has 0 fully saturated rings. The number of pyridine rings is 1. The van der Waals surface area contributed by atoms with Crippen LogP contribution in [0.5, 0.6) is 0 Å². The van der Waals surface area contributed by atoms with Crippen LogP contribution in [-0.2, 0) is 7.05 Å². The number of hydrogen-bond acceptors (Lipinski definition) is 5. The van der Waals surface area contributed by atoms with E-state index in [0.717, 1.165) is 10.6 Å². The van der Waals surface area contributed by atoms with Crippen molar-refractivity contribution in [3.05, 3.63) is 54.8 Å². The van der Waals surface area contributed by atoms with Gasteiger partial charge in [-0.05, 0) is 6.07 Å². The van der Waals surface area contributed by atoms with E-state index in [1.807, 2.05) is 0 Å². The van der Waals surface area contributed by atoms with E-state index in [4.69, 9.17) is 0 Å². The molecule has 0 aliphatic carbocycles. The van der Waals surface area contributed by atoms with Crippen molar-refractivity contribution in [2.45, 2.75) is 0 Å². The summed E-state index contributed by atoms with van der Waals surface area (Å²) in [6.45, 7) is 0. The van der Waals surface area contributed by atoms with Gasteiger partial charge >= 0.3 is 0 Å². The van der Waals surface area contributed by atoms with Crippen LogP contribution in [0.3, 0.4) is 0 Å². The lowest BCUT2D eigenvalue weighted by Gasteiger charge is -2.04. The summed E-state index contributed by atoms with van der Waals surface area (Å²) < 4.78 is 1.09. The molecule has 92 valence electrons. The van der Waals surface area contributed by atoms with E-state index in [9.17, 15) is 25.0 Å². The Morgan fingerprint density at radius 1 is 1.11 bits per heavy atom. The predicted molar refractivity (Wildman–Crippen MR) is 62.5 cm³/mol. The molecule has 0 aliphatic heterocycles. The average Bonchev–Trinajstić information content (AvgIpc) is 2.32. The fourth-order valence-corrected chi connectivity index (χ4v) is 1.75. The van der Waals surface area contributed by atoms with Crippen LogP contribution in [0.25, 0.3) is 10.9 Å². The third-order valence-corrected chi connectivity index (χ3v) is 2.58. The van der Waals surface area contributed by atoms with Crippen LogP contribution in [0, 0.1) is 20.2 Å². The number of benzene rings is 1. The van der Waals surface area contributed by atoms with Crippen LogP contribution < -0.4 is 5.56 Å². The van der Waals surface area contributed by atoms with Crippen LogP contribution >= 0.6 is 0 Å². The Morgan fingerprint density at radius 2 is 1.78 bits per heavy atom. The van der Waals surface area contributed by atoms with E-state index in [1.165, 1.54) is 25.2 Å². The van der Waals surface area contributed by atoms with E-state index in [0.29, 0.717) is 0 Å². The van der Waals surface area contributed by atoms with Crippen LogP contribution in [0.15, 0.2) is 29.1 Å². The average molecular weight is 249 g/mol. The lowest BCUT2D eigenvalue weighted by molar-refractivity contribution is -0.393. The van der Waals surface area contributed by atoms with Gasteiger partial charge in [0.1, 0.15) is 5.52 Å². The second-order valence-electron chi connectivity index (χ2n) is 3.65. The zero-order valence-corrected chi connectivity index (χ0v) is 9.19. The van der Waals surface area contributed by atoms with Crippen molar-refractivity contribution < 1.29 is 9.85 Å². The predicted octanol–water partition coefficient (Wildman–Crippen LogP) is 1.35. The smallest absolute Gasteiger partial charge is 0.300 e. The summed E-state index contributed by atoms with van der Waals surface area (Å²) in [7, 11) is 1.38. The molecule has 8 nitrogen and oxygen atoms in total. The summed E-state index contributed by atoms with van der Waals surface area (Å²) in [6.07, 6.45) is 0. The van der Waals surface area contributed by atoms with Gasteiger partial charge in [0.2, 0.25) is 0 Å². The van der Waals surface area contributed by atoms with Gasteiger partial charge in [-0.15, -0.1) is 0 Å². The maximum atomic E-state index is 11.4. The summed E-state index contributed by atoms with van der Waals surface area (Å²) in [5.41, 5.74) is -1.19. The molecular weight excluding hydrogens is 242 g/mol. The Hall–Kier alpha value is -2.77. The number of fused-ring (bicyclic) bond motifs is 1. The molecule has 18 heavy (non-hydrogen) atoms. The van der Waals surface area contributed by atoms with Crippen LogP contribution in [0.4, 0.5) is 11.4 Å². The van der Waals surface area contributed by atoms with Crippen molar-refractivity contribution in [1.29, 1.82) is 0 Å². The quantitative estimate of drug-likeness (QED) is 0.589. The first-order valence-corrected chi connectivity index (χ1v) is 4.84. The topological polar surface area (TPSA) is 108 Å². The van der Waals surface area contributed by atoms with Gasteiger partial charge in [-0.25, -0.2) is 0 Å². The molecule has 2 rings (SSSR count). The van der Waals surface area contributed by atoms with Gasteiger partial charge < -0.3 is 4.57 Å². The van der Waals surface area contributed by atoms with Gasteiger partial charge in [0.15, 0.2) is 0 Å². The molecule has 0 atom stereocenters. The number of nitrogens with zero attached hydrogens (tertiary/aromatic N) is 3. The minimum atomic E-state index is -0.741. The van der Waals surface area contributed by atoms with Crippen LogP contribution in [0.1, 0.15) is 0 Å². The van der Waals surface area contributed by atoms with Gasteiger partial charge in [-0.2, -0.15) is 0 Å². The number of aromatic nitrogens is 1. The molecule has 1 aromatic heterocycles. The number of non-ortho nitro benzene ring substituents is 2. The molecule has 0 unspecified atom stereocenters. The normalized spacial score (nSPS) is 10.5. The van der Waals surface area contributed by atoms with Crippen molar-refractivity contribution in [3.8, 4) is 0 Å². The lowest BCUT2D eigenvalue weighted by Crippen LogP contribution is -2.16. The number of hydrogen-bond donors (Lipinski definition) is 0. The van der Waals surface area contributed by atoms with E-state index in [1.54, 1.807) is 0 Å². The SMILES string of the molecule is Cn1c(=O)ccc2cc([N+](=O)[O-])cc([N+](=O)[O-])c21. The van der Waals surface area contributed by atoms with Crippen molar-refractivity contribution in [1.82, 2.24) is 4.57 Å². The molecule has 0 N–H and O–H groups in total. The first kappa shape index (κ1) is 11.7. The first-order chi connectivity index (χ1) is 8.41. The van der Waals surface area contributed by atoms with Gasteiger partial charge in [0.05, 0.1) is 15.9 Å². The Kier molecular flexibility index (Phi) is 2.55. The fraction of sp³-hybridized carbons (Fsp3) is 0.100. The minimum absolute atomic E-state index is 0.0677. The van der Waals surface area contributed by atoms with Crippen molar-refractivity contribution in [2.24, 2.45) is 7.05 Å². The summed E-state index contributed by atoms with van der Waals surface area (Å²) in [6, 6.07) is 4.58. The maximum Gasteiger partial charge on any atom is 0.300 e. The summed E-state index contributed by atoms with van der Waals surface area (Å²) in [4.78, 5) is 31.6. The summed E-state index contributed by atoms with van der Waals surface area (Å²) in [5.74, 6) is 0. The van der Waals surface area contributed by atoms with Gasteiger partial charge in [-0.1, -0.05) is 0 Å². The Bertz CT molecular complexity index is 734. The van der Waals surface area contributed by atoms with E-state index >= 15 is 0 Å². The highest BCUT2D eigenvalue weighted by Gasteiger charge is 2.21. The molecule has 2 aromatic rings. The van der Waals surface area contributed by atoms with E-state index in [2.05, 4.69) is 0 Å². The number of nitro benzene ring substituents is 2. The molecule has 0 aliphatic rings. The zero-order chi connectivity index (χ0) is 13.4. The standard InChI is InChI=1S/C10H7N3O5/c1-11-9(14)3-2-6-4-7(12(15)16)5-8(10(6)11)13(17)18/h2-5H,1H3. The number of rotatable bonds is 2. The van der Waals surface area contributed by atoms with Crippen LogP contribution in [-0.4, -0.2) is 14.4 Å². The second kappa shape index (κ2) is 3.91. The molecule has 0 radical (unpaired) electrons. The summed E-state index contributed by atoms with van der Waals surface area (Å²) in [5, 5.41) is 21.9. The molecule has 1 aromatic carbocycles. The second-order valence-corrected chi connectivity index (χ2v) is 3.65. The maximum absolute atomic E-state index is 11.4. The van der Waals surface area contributed by atoms with Crippen molar-refractivity contribution in [3.63, 3.8) is 0 Å². The molecule has 0 bridgehead atoms. The molecule has 8 heteroatoms. The van der Waals surface area contributed by atoms with Gasteiger partial charge in [0, 0.05) is 24.6 Å². The molecule has 0 spiro atoms. The number of nitro groups is 2. The van der Waals surface area contributed by atoms with Gasteiger partial charge in [-0.3, -0.25) is 25.0 Å². The first-order valence-electron chi connectivity index (χ1n) is 4.84. The molecule has 0 saturated carbocycles. The van der Waals surface area contributed by atoms with E-state index in [-0.39, 0.29) is 16.6 Å².